The molecule has 0 aliphatic carbocycles. The molecule has 0 saturated carbocycles. The van der Waals surface area contributed by atoms with Crippen LogP contribution in [-0.4, -0.2) is 16.1 Å². The number of amides is 1. The summed E-state index contributed by atoms with van der Waals surface area (Å²) < 4.78 is 5.01. The first kappa shape index (κ1) is 10.6. The van der Waals surface area contributed by atoms with Crippen LogP contribution in [0.2, 0.25) is 0 Å². The zero-order chi connectivity index (χ0) is 12.4. The van der Waals surface area contributed by atoms with E-state index in [0.717, 1.165) is 16.5 Å². The Labute approximate surface area is 103 Å². The summed E-state index contributed by atoms with van der Waals surface area (Å²) in [5, 5.41) is 10.7. The van der Waals surface area contributed by atoms with Gasteiger partial charge in [0.1, 0.15) is 0 Å². The normalized spacial score (nSPS) is 10.7. The van der Waals surface area contributed by atoms with Crippen molar-refractivity contribution in [3.8, 4) is 0 Å². The number of carbonyl (C=O) groups excluding carboxylic acids is 1. The van der Waals surface area contributed by atoms with E-state index in [1.165, 1.54) is 6.26 Å². The van der Waals surface area contributed by atoms with Gasteiger partial charge in [0.2, 0.25) is 0 Å². The van der Waals surface area contributed by atoms with E-state index in [0.29, 0.717) is 12.3 Å². The van der Waals surface area contributed by atoms with E-state index >= 15 is 0 Å². The maximum absolute atomic E-state index is 11.7. The van der Waals surface area contributed by atoms with E-state index < -0.39 is 0 Å². The zero-order valence-corrected chi connectivity index (χ0v) is 9.51. The molecule has 0 atom stereocenters. The van der Waals surface area contributed by atoms with Gasteiger partial charge in [0, 0.05) is 11.9 Å². The Bertz CT molecular complexity index is 670. The van der Waals surface area contributed by atoms with Gasteiger partial charge in [-0.1, -0.05) is 12.1 Å². The van der Waals surface area contributed by atoms with Crippen LogP contribution in [0, 0.1) is 0 Å². The van der Waals surface area contributed by atoms with Crippen LogP contribution in [-0.2, 0) is 6.54 Å². The summed E-state index contributed by atoms with van der Waals surface area (Å²) in [7, 11) is 0. The zero-order valence-electron chi connectivity index (χ0n) is 9.51. The van der Waals surface area contributed by atoms with E-state index in [2.05, 4.69) is 15.5 Å². The number of nitrogens with one attached hydrogen (secondary N) is 2. The predicted octanol–water partition coefficient (Wildman–Crippen LogP) is 2.09. The van der Waals surface area contributed by atoms with Gasteiger partial charge in [0.25, 0.3) is 5.91 Å². The standard InChI is InChI=1S/C13H11N3O2/c17-13(12-2-1-5-18-12)14-7-9-3-4-10-8-15-16-11(10)6-9/h1-6,8H,7H2,(H,14,17)(H,15,16). The number of hydrogen-bond acceptors (Lipinski definition) is 3. The van der Waals surface area contributed by atoms with Crippen LogP contribution < -0.4 is 5.32 Å². The highest BCUT2D eigenvalue weighted by Crippen LogP contribution is 2.12. The van der Waals surface area contributed by atoms with Gasteiger partial charge in [-0.05, 0) is 23.8 Å². The summed E-state index contributed by atoms with van der Waals surface area (Å²) in [6.45, 7) is 0.453. The van der Waals surface area contributed by atoms with E-state index in [4.69, 9.17) is 4.42 Å². The van der Waals surface area contributed by atoms with Gasteiger partial charge in [0.15, 0.2) is 5.76 Å². The monoisotopic (exact) mass is 241 g/mol. The highest BCUT2D eigenvalue weighted by atomic mass is 16.3. The van der Waals surface area contributed by atoms with Crippen LogP contribution in [0.5, 0.6) is 0 Å². The van der Waals surface area contributed by atoms with Crippen molar-refractivity contribution in [2.45, 2.75) is 6.54 Å². The fraction of sp³-hybridized carbons (Fsp3) is 0.0769. The molecule has 1 amide bonds. The number of benzene rings is 1. The lowest BCUT2D eigenvalue weighted by molar-refractivity contribution is 0.0923. The van der Waals surface area contributed by atoms with E-state index in [-0.39, 0.29) is 5.91 Å². The van der Waals surface area contributed by atoms with Gasteiger partial charge in [-0.3, -0.25) is 9.89 Å². The topological polar surface area (TPSA) is 70.9 Å². The molecule has 2 N–H and O–H groups in total. The molecule has 0 saturated heterocycles. The summed E-state index contributed by atoms with van der Waals surface area (Å²) in [5.74, 6) is 0.0994. The molecule has 1 aromatic carbocycles. The van der Waals surface area contributed by atoms with E-state index in [1.54, 1.807) is 18.3 Å². The molecule has 0 bridgehead atoms. The Morgan fingerprint density at radius 1 is 1.39 bits per heavy atom. The third-order valence-electron chi connectivity index (χ3n) is 2.70. The maximum Gasteiger partial charge on any atom is 0.287 e. The molecule has 5 heteroatoms. The van der Waals surface area contributed by atoms with Crippen molar-refractivity contribution in [2.24, 2.45) is 0 Å². The molecule has 0 unspecified atom stereocenters. The minimum Gasteiger partial charge on any atom is -0.459 e. The minimum absolute atomic E-state index is 0.218. The molecule has 0 aliphatic rings. The van der Waals surface area contributed by atoms with Gasteiger partial charge in [-0.25, -0.2) is 0 Å². The average Bonchev–Trinajstić information content (AvgIpc) is 3.05. The molecule has 90 valence electrons. The van der Waals surface area contributed by atoms with Gasteiger partial charge in [-0.15, -0.1) is 0 Å². The fourth-order valence-corrected chi connectivity index (χ4v) is 1.77. The maximum atomic E-state index is 11.7. The van der Waals surface area contributed by atoms with Gasteiger partial charge < -0.3 is 9.73 Å². The second-order valence-corrected chi connectivity index (χ2v) is 3.95. The predicted molar refractivity (Wildman–Crippen MR) is 66.0 cm³/mol. The van der Waals surface area contributed by atoms with Crippen LogP contribution in [0.4, 0.5) is 0 Å². The number of carbonyl (C=O) groups is 1. The number of rotatable bonds is 3. The second-order valence-electron chi connectivity index (χ2n) is 3.95. The van der Waals surface area contributed by atoms with E-state index in [1.807, 2.05) is 18.2 Å². The van der Waals surface area contributed by atoms with Crippen LogP contribution in [0.1, 0.15) is 16.1 Å². The lowest BCUT2D eigenvalue weighted by Gasteiger charge is -2.03. The number of aromatic nitrogens is 2. The summed E-state index contributed by atoms with van der Waals surface area (Å²) in [5.41, 5.74) is 1.96. The van der Waals surface area contributed by atoms with Crippen molar-refractivity contribution in [1.82, 2.24) is 15.5 Å². The SMILES string of the molecule is O=C(NCc1ccc2cn[nH]c2c1)c1ccco1. The first-order valence-corrected chi connectivity index (χ1v) is 5.56. The summed E-state index contributed by atoms with van der Waals surface area (Å²) >= 11 is 0. The number of nitrogens with zero attached hydrogens (tertiary/aromatic N) is 1. The molecule has 3 rings (SSSR count). The molecular formula is C13H11N3O2. The smallest absolute Gasteiger partial charge is 0.287 e. The van der Waals surface area contributed by atoms with Crippen molar-refractivity contribution >= 4 is 16.8 Å². The fourth-order valence-electron chi connectivity index (χ4n) is 1.77. The highest BCUT2D eigenvalue weighted by Gasteiger charge is 2.07. The van der Waals surface area contributed by atoms with Crippen molar-refractivity contribution in [1.29, 1.82) is 0 Å². The minimum atomic E-state index is -0.218. The number of hydrogen-bond donors (Lipinski definition) is 2. The van der Waals surface area contributed by atoms with Gasteiger partial charge in [0.05, 0.1) is 18.0 Å². The van der Waals surface area contributed by atoms with Crippen molar-refractivity contribution in [2.75, 3.05) is 0 Å². The second kappa shape index (κ2) is 4.37. The Kier molecular flexibility index (Phi) is 2.57. The molecule has 2 heterocycles. The quantitative estimate of drug-likeness (QED) is 0.737. The number of fused-ring (bicyclic) bond motifs is 1. The Morgan fingerprint density at radius 3 is 3.17 bits per heavy atom. The molecule has 0 fully saturated rings. The number of H-pyrrole nitrogens is 1. The molecule has 18 heavy (non-hydrogen) atoms. The molecule has 0 spiro atoms. The lowest BCUT2D eigenvalue weighted by atomic mass is 10.1. The van der Waals surface area contributed by atoms with Crippen molar-refractivity contribution in [3.63, 3.8) is 0 Å². The lowest BCUT2D eigenvalue weighted by Crippen LogP contribution is -2.22. The largest absolute Gasteiger partial charge is 0.459 e. The Hall–Kier alpha value is -2.56. The third kappa shape index (κ3) is 1.98. The number of furan rings is 1. The molecule has 0 radical (unpaired) electrons. The highest BCUT2D eigenvalue weighted by molar-refractivity contribution is 5.91. The van der Waals surface area contributed by atoms with Crippen LogP contribution >= 0.6 is 0 Å². The average molecular weight is 241 g/mol. The van der Waals surface area contributed by atoms with Crippen molar-refractivity contribution < 1.29 is 9.21 Å². The molecule has 3 aromatic rings. The summed E-state index contributed by atoms with van der Waals surface area (Å²) in [6.07, 6.45) is 3.24. The van der Waals surface area contributed by atoms with Gasteiger partial charge >= 0.3 is 0 Å². The third-order valence-corrected chi connectivity index (χ3v) is 2.70. The van der Waals surface area contributed by atoms with Gasteiger partial charge in [-0.2, -0.15) is 5.10 Å². The molecule has 5 nitrogen and oxygen atoms in total. The molecular weight excluding hydrogens is 230 g/mol. The van der Waals surface area contributed by atoms with Crippen LogP contribution in [0.15, 0.2) is 47.2 Å². The Balaban J connectivity index is 1.71. The van der Waals surface area contributed by atoms with Crippen LogP contribution in [0.3, 0.4) is 0 Å². The van der Waals surface area contributed by atoms with Crippen LogP contribution in [0.25, 0.3) is 10.9 Å². The molecule has 0 aliphatic heterocycles. The van der Waals surface area contributed by atoms with Crippen molar-refractivity contribution in [3.05, 3.63) is 54.1 Å². The van der Waals surface area contributed by atoms with E-state index in [9.17, 15) is 4.79 Å². The Morgan fingerprint density at radius 2 is 2.33 bits per heavy atom. The molecule has 2 aromatic heterocycles. The summed E-state index contributed by atoms with van der Waals surface area (Å²) in [6, 6.07) is 9.21. The summed E-state index contributed by atoms with van der Waals surface area (Å²) in [4.78, 5) is 11.7. The first-order valence-electron chi connectivity index (χ1n) is 5.56. The number of aromatic amines is 1. The first-order chi connectivity index (χ1) is 8.83.